The highest BCUT2D eigenvalue weighted by Gasteiger charge is 2.28. The molecule has 0 amide bonds. The quantitative estimate of drug-likeness (QED) is 0.543. The van der Waals surface area contributed by atoms with Crippen LogP contribution < -0.4 is 0 Å². The minimum absolute atomic E-state index is 0.102. The van der Waals surface area contributed by atoms with E-state index < -0.39 is 0 Å². The second-order valence-electron chi connectivity index (χ2n) is 6.50. The first kappa shape index (κ1) is 16.9. The third kappa shape index (κ3) is 5.04. The van der Waals surface area contributed by atoms with Gasteiger partial charge in [-0.05, 0) is 54.0 Å². The number of halogens is 1. The molecule has 0 bridgehead atoms. The number of Topliss-reactive ketones (excluding diaryl/α,β-unsaturated/α-hetero) is 1. The summed E-state index contributed by atoms with van der Waals surface area (Å²) in [4.78, 5) is 12.2. The van der Waals surface area contributed by atoms with Gasteiger partial charge in [0.15, 0.2) is 12.1 Å². The summed E-state index contributed by atoms with van der Waals surface area (Å²) < 4.78 is 12.5. The van der Waals surface area contributed by atoms with Crippen LogP contribution in [0.15, 0.2) is 18.2 Å². The van der Waals surface area contributed by atoms with E-state index in [1.54, 1.807) is 0 Å². The number of carbonyl (C=O) groups is 1. The van der Waals surface area contributed by atoms with Crippen LogP contribution in [0.5, 0.6) is 0 Å². The van der Waals surface area contributed by atoms with Gasteiger partial charge in [-0.3, -0.25) is 4.79 Å². The molecule has 3 nitrogen and oxygen atoms in total. The number of ketones is 1. The predicted molar refractivity (Wildman–Crippen MR) is 91.6 cm³/mol. The summed E-state index contributed by atoms with van der Waals surface area (Å²) in [5.74, 6) is 0.198. The van der Waals surface area contributed by atoms with Crippen LogP contribution >= 0.6 is 22.6 Å². The van der Waals surface area contributed by atoms with Crippen LogP contribution in [-0.4, -0.2) is 25.3 Å². The van der Waals surface area contributed by atoms with Crippen LogP contribution in [-0.2, 0) is 9.47 Å². The van der Waals surface area contributed by atoms with Crippen LogP contribution in [0.4, 0.5) is 0 Å². The van der Waals surface area contributed by atoms with Gasteiger partial charge in [0.25, 0.3) is 0 Å². The maximum atomic E-state index is 12.2. The zero-order chi connectivity index (χ0) is 15.5. The van der Waals surface area contributed by atoms with Gasteiger partial charge in [0.2, 0.25) is 0 Å². The standard InChI is InChI=1S/C17H23IO3/c1-12-7-8-13(9-14(12)18)15(19)5-4-6-16-20-10-17(2,3)11-21-16/h7-9,16H,4-6,10-11H2,1-3H3. The first-order valence-corrected chi connectivity index (χ1v) is 8.48. The zero-order valence-electron chi connectivity index (χ0n) is 12.9. The summed E-state index contributed by atoms with van der Waals surface area (Å²) in [5.41, 5.74) is 2.11. The highest BCUT2D eigenvalue weighted by atomic mass is 127. The molecule has 2 rings (SSSR count). The Kier molecular flexibility index (Phi) is 5.80. The average molecular weight is 402 g/mol. The van der Waals surface area contributed by atoms with Crippen LogP contribution in [0, 0.1) is 15.9 Å². The van der Waals surface area contributed by atoms with E-state index in [2.05, 4.69) is 43.4 Å². The van der Waals surface area contributed by atoms with Crippen LogP contribution in [0.25, 0.3) is 0 Å². The summed E-state index contributed by atoms with van der Waals surface area (Å²) in [6, 6.07) is 5.88. The summed E-state index contributed by atoms with van der Waals surface area (Å²) >= 11 is 2.27. The van der Waals surface area contributed by atoms with Gasteiger partial charge in [-0.15, -0.1) is 0 Å². The molecule has 0 unspecified atom stereocenters. The molecule has 1 aromatic carbocycles. The molecule has 4 heteroatoms. The molecule has 1 aromatic rings. The van der Waals surface area contributed by atoms with Crippen LogP contribution in [0.1, 0.15) is 49.0 Å². The number of hydrogen-bond donors (Lipinski definition) is 0. The average Bonchev–Trinajstić information content (AvgIpc) is 2.43. The Morgan fingerprint density at radius 2 is 2.00 bits per heavy atom. The molecule has 1 aliphatic heterocycles. The van der Waals surface area contributed by atoms with E-state index in [0.29, 0.717) is 6.42 Å². The Balaban J connectivity index is 1.76. The second-order valence-corrected chi connectivity index (χ2v) is 7.66. The first-order valence-electron chi connectivity index (χ1n) is 7.40. The monoisotopic (exact) mass is 402 g/mol. The van der Waals surface area contributed by atoms with E-state index >= 15 is 0 Å². The Morgan fingerprint density at radius 3 is 2.62 bits per heavy atom. The van der Waals surface area contributed by atoms with Gasteiger partial charge in [-0.1, -0.05) is 26.0 Å². The molecule has 0 atom stereocenters. The molecule has 0 saturated carbocycles. The smallest absolute Gasteiger partial charge is 0.162 e. The number of rotatable bonds is 5. The van der Waals surface area contributed by atoms with E-state index in [0.717, 1.165) is 35.2 Å². The highest BCUT2D eigenvalue weighted by Crippen LogP contribution is 2.25. The third-order valence-electron chi connectivity index (χ3n) is 3.66. The molecule has 1 heterocycles. The number of carbonyl (C=O) groups excluding carboxylic acids is 1. The number of hydrogen-bond acceptors (Lipinski definition) is 3. The van der Waals surface area contributed by atoms with Crippen LogP contribution in [0.2, 0.25) is 0 Å². The molecule has 0 aromatic heterocycles. The van der Waals surface area contributed by atoms with Crippen molar-refractivity contribution in [3.05, 3.63) is 32.9 Å². The summed E-state index contributed by atoms with van der Waals surface area (Å²) in [7, 11) is 0. The second kappa shape index (κ2) is 7.20. The number of benzene rings is 1. The van der Waals surface area contributed by atoms with Crippen molar-refractivity contribution < 1.29 is 14.3 Å². The first-order chi connectivity index (χ1) is 9.87. The molecule has 116 valence electrons. The van der Waals surface area contributed by atoms with E-state index in [9.17, 15) is 4.79 Å². The fraction of sp³-hybridized carbons (Fsp3) is 0.588. The Hall–Kier alpha value is -0.460. The lowest BCUT2D eigenvalue weighted by Gasteiger charge is -2.34. The SMILES string of the molecule is Cc1ccc(C(=O)CCCC2OCC(C)(C)CO2)cc1I. The van der Waals surface area contributed by atoms with E-state index in [1.165, 1.54) is 5.56 Å². The van der Waals surface area contributed by atoms with Crippen molar-refractivity contribution in [3.63, 3.8) is 0 Å². The topological polar surface area (TPSA) is 35.5 Å². The fourth-order valence-electron chi connectivity index (χ4n) is 2.23. The molecule has 0 aliphatic carbocycles. The van der Waals surface area contributed by atoms with Gasteiger partial charge in [0.1, 0.15) is 0 Å². The maximum absolute atomic E-state index is 12.2. The minimum atomic E-state index is -0.149. The van der Waals surface area contributed by atoms with Gasteiger partial charge in [-0.2, -0.15) is 0 Å². The van der Waals surface area contributed by atoms with Crippen molar-refractivity contribution in [2.45, 2.75) is 46.3 Å². The van der Waals surface area contributed by atoms with Crippen molar-refractivity contribution in [2.24, 2.45) is 5.41 Å². The largest absolute Gasteiger partial charge is 0.352 e. The Labute approximate surface area is 140 Å². The normalized spacial score (nSPS) is 18.7. The fourth-order valence-corrected chi connectivity index (χ4v) is 2.75. The van der Waals surface area contributed by atoms with Gasteiger partial charge in [-0.25, -0.2) is 0 Å². The van der Waals surface area contributed by atoms with Crippen molar-refractivity contribution in [2.75, 3.05) is 13.2 Å². The molecular weight excluding hydrogens is 379 g/mol. The molecule has 0 spiro atoms. The molecule has 0 radical (unpaired) electrons. The lowest BCUT2D eigenvalue weighted by molar-refractivity contribution is -0.223. The van der Waals surface area contributed by atoms with Crippen molar-refractivity contribution in [1.82, 2.24) is 0 Å². The molecule has 1 aliphatic rings. The number of aryl methyl sites for hydroxylation is 1. The van der Waals surface area contributed by atoms with E-state index in [1.807, 2.05) is 18.2 Å². The molecule has 1 fully saturated rings. The van der Waals surface area contributed by atoms with Gasteiger partial charge in [0, 0.05) is 21.0 Å². The Morgan fingerprint density at radius 1 is 1.33 bits per heavy atom. The molecule has 21 heavy (non-hydrogen) atoms. The third-order valence-corrected chi connectivity index (χ3v) is 4.82. The summed E-state index contributed by atoms with van der Waals surface area (Å²) in [6.45, 7) is 7.76. The maximum Gasteiger partial charge on any atom is 0.162 e. The van der Waals surface area contributed by atoms with E-state index in [4.69, 9.17) is 9.47 Å². The van der Waals surface area contributed by atoms with Crippen molar-refractivity contribution in [3.8, 4) is 0 Å². The molecule has 1 saturated heterocycles. The van der Waals surface area contributed by atoms with Gasteiger partial charge < -0.3 is 9.47 Å². The van der Waals surface area contributed by atoms with E-state index in [-0.39, 0.29) is 17.5 Å². The van der Waals surface area contributed by atoms with Gasteiger partial charge in [0.05, 0.1) is 13.2 Å². The molecule has 0 N–H and O–H groups in total. The Bertz CT molecular complexity index is 501. The lowest BCUT2D eigenvalue weighted by atomic mass is 9.95. The zero-order valence-corrected chi connectivity index (χ0v) is 15.1. The molecular formula is C17H23IO3. The lowest BCUT2D eigenvalue weighted by Crippen LogP contribution is -2.37. The predicted octanol–water partition coefficient (Wildman–Crippen LogP) is 4.35. The minimum Gasteiger partial charge on any atom is -0.352 e. The van der Waals surface area contributed by atoms with Crippen molar-refractivity contribution in [1.29, 1.82) is 0 Å². The highest BCUT2D eigenvalue weighted by molar-refractivity contribution is 14.1. The summed E-state index contributed by atoms with van der Waals surface area (Å²) in [6.07, 6.45) is 1.98. The van der Waals surface area contributed by atoms with Crippen LogP contribution in [0.3, 0.4) is 0 Å². The summed E-state index contributed by atoms with van der Waals surface area (Å²) in [5, 5.41) is 0. The van der Waals surface area contributed by atoms with Crippen molar-refractivity contribution >= 4 is 28.4 Å². The number of ether oxygens (including phenoxy) is 2. The van der Waals surface area contributed by atoms with Gasteiger partial charge >= 0.3 is 0 Å².